The van der Waals surface area contributed by atoms with Gasteiger partial charge in [-0.1, -0.05) is 23.2 Å². The number of aliphatic hydroxyl groups is 1. The number of rotatable bonds is 0. The van der Waals surface area contributed by atoms with Crippen molar-refractivity contribution in [1.29, 1.82) is 0 Å². The molecule has 1 aliphatic rings. The summed E-state index contributed by atoms with van der Waals surface area (Å²) in [6.45, 7) is 0. The van der Waals surface area contributed by atoms with Gasteiger partial charge in [0.15, 0.2) is 6.23 Å². The highest BCUT2D eigenvalue weighted by molar-refractivity contribution is 6.55. The van der Waals surface area contributed by atoms with Gasteiger partial charge in [-0.3, -0.25) is 9.59 Å². The maximum Gasteiger partial charge on any atom is 0.269 e. The molecule has 1 atom stereocenters. The number of carbonyl (C=O) groups is 2. The molecule has 0 radical (unpaired) electrons. The summed E-state index contributed by atoms with van der Waals surface area (Å²) in [5.74, 6) is -1.42. The lowest BCUT2D eigenvalue weighted by atomic mass is 10.2. The number of carbonyl (C=O) groups excluding carboxylic acids is 2. The van der Waals surface area contributed by atoms with E-state index in [-0.39, 0.29) is 5.03 Å². The predicted octanol–water partition coefficient (Wildman–Crippen LogP) is 0.0351. The summed E-state index contributed by atoms with van der Waals surface area (Å²) in [4.78, 5) is 22.8. The van der Waals surface area contributed by atoms with Crippen LogP contribution < -0.4 is 0 Å². The van der Waals surface area contributed by atoms with Crippen LogP contribution in [-0.4, -0.2) is 35.0 Å². The summed E-state index contributed by atoms with van der Waals surface area (Å²) < 4.78 is 0. The Morgan fingerprint density at radius 1 is 1.33 bits per heavy atom. The Hall–Kier alpha value is -0.580. The number of aliphatic hydroxyl groups excluding tert-OH is 1. The maximum absolute atomic E-state index is 11.0. The monoisotopic (exact) mass is 209 g/mol. The number of ketones is 1. The van der Waals surface area contributed by atoms with E-state index < -0.39 is 23.0 Å². The van der Waals surface area contributed by atoms with Crippen LogP contribution in [-0.2, 0) is 9.59 Å². The SMILES string of the molecule is CN1C(=O)C(Cl)=C(Cl)C(=O)C1O. The number of Topliss-reactive ketones (excluding diaryl/α,β-unsaturated/α-hetero) is 1. The molecule has 1 aliphatic heterocycles. The molecule has 0 spiro atoms. The lowest BCUT2D eigenvalue weighted by Crippen LogP contribution is -2.46. The summed E-state index contributed by atoms with van der Waals surface area (Å²) in [5.41, 5.74) is 0. The van der Waals surface area contributed by atoms with E-state index in [0.29, 0.717) is 0 Å². The fourth-order valence-electron chi connectivity index (χ4n) is 0.757. The Balaban J connectivity index is 3.17. The zero-order chi connectivity index (χ0) is 9.46. The fraction of sp³-hybridized carbons (Fsp3) is 0.333. The van der Waals surface area contributed by atoms with Crippen molar-refractivity contribution < 1.29 is 14.7 Å². The van der Waals surface area contributed by atoms with Gasteiger partial charge >= 0.3 is 0 Å². The minimum Gasteiger partial charge on any atom is -0.366 e. The van der Waals surface area contributed by atoms with Crippen LogP contribution in [0.15, 0.2) is 10.1 Å². The summed E-state index contributed by atoms with van der Waals surface area (Å²) in [5, 5.41) is 8.32. The Morgan fingerprint density at radius 2 is 1.83 bits per heavy atom. The molecule has 4 nitrogen and oxygen atoms in total. The molecular weight excluding hydrogens is 205 g/mol. The normalized spacial score (nSPS) is 25.3. The van der Waals surface area contributed by atoms with Gasteiger partial charge in [-0.05, 0) is 0 Å². The van der Waals surface area contributed by atoms with Crippen LogP contribution in [0.1, 0.15) is 0 Å². The molecule has 66 valence electrons. The third-order valence-corrected chi connectivity index (χ3v) is 2.34. The van der Waals surface area contributed by atoms with Crippen molar-refractivity contribution in [3.05, 3.63) is 10.1 Å². The van der Waals surface area contributed by atoms with Crippen LogP contribution in [0.4, 0.5) is 0 Å². The summed E-state index contributed by atoms with van der Waals surface area (Å²) in [6.07, 6.45) is -1.52. The van der Waals surface area contributed by atoms with Crippen LogP contribution in [0, 0.1) is 0 Å². The van der Waals surface area contributed by atoms with Gasteiger partial charge in [0.2, 0.25) is 5.78 Å². The molecule has 0 fully saturated rings. The standard InChI is InChI=1S/C6H5Cl2NO3/c1-9-5(11)3(8)2(7)4(10)6(9)12/h6,12H,1H3. The topological polar surface area (TPSA) is 57.6 Å². The molecule has 0 bridgehead atoms. The minimum atomic E-state index is -1.52. The van der Waals surface area contributed by atoms with Gasteiger partial charge in [-0.25, -0.2) is 0 Å². The van der Waals surface area contributed by atoms with Gasteiger partial charge in [-0.2, -0.15) is 0 Å². The molecule has 1 rings (SSSR count). The molecule has 0 aromatic heterocycles. The number of hydrogen-bond donors (Lipinski definition) is 1. The Morgan fingerprint density at radius 3 is 2.33 bits per heavy atom. The maximum atomic E-state index is 11.0. The van der Waals surface area contributed by atoms with Crippen LogP contribution >= 0.6 is 23.2 Å². The quantitative estimate of drug-likeness (QED) is 0.613. The molecule has 0 aromatic carbocycles. The average molecular weight is 210 g/mol. The zero-order valence-corrected chi connectivity index (χ0v) is 7.56. The Kier molecular flexibility index (Phi) is 2.41. The molecule has 0 aliphatic carbocycles. The van der Waals surface area contributed by atoms with E-state index in [9.17, 15) is 9.59 Å². The van der Waals surface area contributed by atoms with E-state index in [0.717, 1.165) is 4.90 Å². The van der Waals surface area contributed by atoms with Crippen molar-refractivity contribution in [3.63, 3.8) is 0 Å². The highest BCUT2D eigenvalue weighted by Crippen LogP contribution is 2.24. The van der Waals surface area contributed by atoms with Gasteiger partial charge in [0, 0.05) is 7.05 Å². The third-order valence-electron chi connectivity index (χ3n) is 1.52. The molecular formula is C6H5Cl2NO3. The van der Waals surface area contributed by atoms with Crippen LogP contribution in [0.5, 0.6) is 0 Å². The third kappa shape index (κ3) is 1.22. The van der Waals surface area contributed by atoms with Crippen LogP contribution in [0.3, 0.4) is 0 Å². The Bertz CT molecular complexity index is 259. The lowest BCUT2D eigenvalue weighted by molar-refractivity contribution is -0.146. The molecule has 1 amide bonds. The molecule has 1 unspecified atom stereocenters. The van der Waals surface area contributed by atoms with Crippen molar-refractivity contribution in [2.45, 2.75) is 6.23 Å². The highest BCUT2D eigenvalue weighted by Gasteiger charge is 2.36. The van der Waals surface area contributed by atoms with Crippen molar-refractivity contribution in [2.75, 3.05) is 7.05 Å². The number of likely N-dealkylation sites (N-methyl/N-ethyl adjacent to an activating group) is 1. The van der Waals surface area contributed by atoms with Crippen LogP contribution in [0.2, 0.25) is 0 Å². The largest absolute Gasteiger partial charge is 0.366 e. The first kappa shape index (κ1) is 9.51. The fourth-order valence-corrected chi connectivity index (χ4v) is 1.16. The van der Waals surface area contributed by atoms with Crippen LogP contribution in [0.25, 0.3) is 0 Å². The summed E-state index contributed by atoms with van der Waals surface area (Å²) in [6, 6.07) is 0. The number of hydrogen-bond acceptors (Lipinski definition) is 3. The second kappa shape index (κ2) is 3.05. The van der Waals surface area contributed by atoms with Gasteiger partial charge in [0.25, 0.3) is 5.91 Å². The predicted molar refractivity (Wildman–Crippen MR) is 42.5 cm³/mol. The molecule has 6 heteroatoms. The van der Waals surface area contributed by atoms with Crippen molar-refractivity contribution in [1.82, 2.24) is 4.90 Å². The second-order valence-electron chi connectivity index (χ2n) is 2.28. The first-order valence-electron chi connectivity index (χ1n) is 3.01. The molecule has 1 heterocycles. The Labute approximate surface area is 78.4 Å². The van der Waals surface area contributed by atoms with Gasteiger partial charge in [0.1, 0.15) is 10.1 Å². The van der Waals surface area contributed by atoms with Gasteiger partial charge in [-0.15, -0.1) is 0 Å². The number of halogens is 2. The second-order valence-corrected chi connectivity index (χ2v) is 3.04. The smallest absolute Gasteiger partial charge is 0.269 e. The molecule has 12 heavy (non-hydrogen) atoms. The number of amides is 1. The van der Waals surface area contributed by atoms with E-state index in [1.807, 2.05) is 0 Å². The first-order chi connectivity index (χ1) is 5.46. The molecule has 1 N–H and O–H groups in total. The van der Waals surface area contributed by atoms with E-state index in [2.05, 4.69) is 0 Å². The van der Waals surface area contributed by atoms with Gasteiger partial charge in [0.05, 0.1) is 0 Å². The van der Waals surface area contributed by atoms with Gasteiger partial charge < -0.3 is 10.0 Å². The molecule has 0 aromatic rings. The van der Waals surface area contributed by atoms with E-state index in [1.54, 1.807) is 0 Å². The average Bonchev–Trinajstić information content (AvgIpc) is 2.08. The number of nitrogens with zero attached hydrogens (tertiary/aromatic N) is 1. The highest BCUT2D eigenvalue weighted by atomic mass is 35.5. The van der Waals surface area contributed by atoms with Crippen molar-refractivity contribution >= 4 is 34.9 Å². The van der Waals surface area contributed by atoms with E-state index in [4.69, 9.17) is 28.3 Å². The van der Waals surface area contributed by atoms with E-state index in [1.165, 1.54) is 7.05 Å². The van der Waals surface area contributed by atoms with E-state index >= 15 is 0 Å². The van der Waals surface area contributed by atoms with Crippen molar-refractivity contribution in [3.8, 4) is 0 Å². The summed E-state index contributed by atoms with van der Waals surface area (Å²) >= 11 is 10.8. The molecule has 0 saturated heterocycles. The summed E-state index contributed by atoms with van der Waals surface area (Å²) in [7, 11) is 1.26. The lowest BCUT2D eigenvalue weighted by Gasteiger charge is -2.26. The zero-order valence-electron chi connectivity index (χ0n) is 6.04. The molecule has 0 saturated carbocycles. The first-order valence-corrected chi connectivity index (χ1v) is 3.77. The minimum absolute atomic E-state index is 0.352. The van der Waals surface area contributed by atoms with Crippen molar-refractivity contribution in [2.24, 2.45) is 0 Å².